The van der Waals surface area contributed by atoms with Gasteiger partial charge in [0, 0.05) is 11.9 Å². The normalized spacial score (nSPS) is 10.9. The molecule has 2 aromatic rings. The number of nitrogens with zero attached hydrogens (tertiary/aromatic N) is 2. The molecule has 4 nitrogen and oxygen atoms in total. The summed E-state index contributed by atoms with van der Waals surface area (Å²) in [5, 5.41) is 5.15. The highest BCUT2D eigenvalue weighted by molar-refractivity contribution is 6.04. The minimum absolute atomic E-state index is 0.372. The second-order valence-corrected chi connectivity index (χ2v) is 4.16. The van der Waals surface area contributed by atoms with E-state index in [2.05, 4.69) is 12.0 Å². The van der Waals surface area contributed by atoms with Crippen LogP contribution in [0.4, 0.5) is 0 Å². The first-order chi connectivity index (χ1) is 8.24. The molecule has 1 heterocycles. The van der Waals surface area contributed by atoms with Gasteiger partial charge in [0.15, 0.2) is 5.69 Å². The third-order valence-corrected chi connectivity index (χ3v) is 2.86. The maximum Gasteiger partial charge on any atom is 0.269 e. The molecular formula is C13H17N3O. The summed E-state index contributed by atoms with van der Waals surface area (Å²) in [6.45, 7) is 3.00. The number of hydrogen-bond donors (Lipinski definition) is 1. The van der Waals surface area contributed by atoms with E-state index >= 15 is 0 Å². The van der Waals surface area contributed by atoms with E-state index in [0.29, 0.717) is 5.69 Å². The third kappa shape index (κ3) is 2.30. The molecule has 0 atom stereocenters. The molecule has 4 heteroatoms. The second-order valence-electron chi connectivity index (χ2n) is 4.16. The second kappa shape index (κ2) is 4.99. The maximum atomic E-state index is 11.3. The van der Waals surface area contributed by atoms with Crippen molar-refractivity contribution in [2.45, 2.75) is 32.7 Å². The molecule has 1 aromatic heterocycles. The van der Waals surface area contributed by atoms with Gasteiger partial charge in [-0.15, -0.1) is 0 Å². The van der Waals surface area contributed by atoms with Gasteiger partial charge in [-0.05, 0) is 12.5 Å². The summed E-state index contributed by atoms with van der Waals surface area (Å²) < 4.78 is 1.88. The van der Waals surface area contributed by atoms with E-state index in [4.69, 9.17) is 5.73 Å². The quantitative estimate of drug-likeness (QED) is 0.803. The molecule has 0 aliphatic carbocycles. The van der Waals surface area contributed by atoms with Crippen LogP contribution in [0.25, 0.3) is 10.9 Å². The number of hydrogen-bond acceptors (Lipinski definition) is 2. The fourth-order valence-electron chi connectivity index (χ4n) is 1.99. The first kappa shape index (κ1) is 11.6. The summed E-state index contributed by atoms with van der Waals surface area (Å²) in [5.74, 6) is -0.463. The molecule has 0 bridgehead atoms. The van der Waals surface area contributed by atoms with Crippen LogP contribution in [0, 0.1) is 0 Å². The molecule has 0 saturated heterocycles. The Balaban J connectivity index is 2.38. The molecule has 1 amide bonds. The van der Waals surface area contributed by atoms with Gasteiger partial charge in [0.1, 0.15) is 0 Å². The largest absolute Gasteiger partial charge is 0.364 e. The zero-order chi connectivity index (χ0) is 12.3. The van der Waals surface area contributed by atoms with E-state index in [0.717, 1.165) is 23.9 Å². The molecule has 1 aromatic carbocycles. The number of aryl methyl sites for hydroxylation is 1. The standard InChI is InChI=1S/C13H17N3O/c1-2-3-6-9-16-11-8-5-4-7-10(11)12(15-16)13(14)17/h4-5,7-8H,2-3,6,9H2,1H3,(H2,14,17). The molecular weight excluding hydrogens is 214 g/mol. The van der Waals surface area contributed by atoms with Gasteiger partial charge in [-0.2, -0.15) is 5.10 Å². The summed E-state index contributed by atoms with van der Waals surface area (Å²) in [4.78, 5) is 11.3. The Bertz CT molecular complexity index is 530. The van der Waals surface area contributed by atoms with Crippen molar-refractivity contribution in [2.24, 2.45) is 5.73 Å². The van der Waals surface area contributed by atoms with Crippen molar-refractivity contribution in [3.63, 3.8) is 0 Å². The predicted octanol–water partition coefficient (Wildman–Crippen LogP) is 2.33. The number of rotatable bonds is 5. The van der Waals surface area contributed by atoms with Gasteiger partial charge in [-0.1, -0.05) is 38.0 Å². The Kier molecular flexibility index (Phi) is 3.42. The highest BCUT2D eigenvalue weighted by atomic mass is 16.1. The molecule has 2 N–H and O–H groups in total. The van der Waals surface area contributed by atoms with E-state index < -0.39 is 5.91 Å². The zero-order valence-electron chi connectivity index (χ0n) is 10.0. The molecule has 90 valence electrons. The molecule has 0 aliphatic heterocycles. The van der Waals surface area contributed by atoms with E-state index in [1.54, 1.807) is 0 Å². The Labute approximate surface area is 100 Å². The van der Waals surface area contributed by atoms with Crippen molar-refractivity contribution in [2.75, 3.05) is 0 Å². The Hall–Kier alpha value is -1.84. The van der Waals surface area contributed by atoms with Crippen LogP contribution >= 0.6 is 0 Å². The van der Waals surface area contributed by atoms with E-state index in [1.807, 2.05) is 28.9 Å². The van der Waals surface area contributed by atoms with Crippen LogP contribution in [0.3, 0.4) is 0 Å². The summed E-state index contributed by atoms with van der Waals surface area (Å²) in [7, 11) is 0. The minimum atomic E-state index is -0.463. The molecule has 2 rings (SSSR count). The minimum Gasteiger partial charge on any atom is -0.364 e. The average Bonchev–Trinajstić information content (AvgIpc) is 2.69. The van der Waals surface area contributed by atoms with E-state index in [1.165, 1.54) is 12.8 Å². The number of amides is 1. The van der Waals surface area contributed by atoms with Crippen molar-refractivity contribution in [1.82, 2.24) is 9.78 Å². The lowest BCUT2D eigenvalue weighted by molar-refractivity contribution is 0.0996. The fourth-order valence-corrected chi connectivity index (χ4v) is 1.99. The Morgan fingerprint density at radius 1 is 1.35 bits per heavy atom. The highest BCUT2D eigenvalue weighted by Crippen LogP contribution is 2.18. The van der Waals surface area contributed by atoms with Crippen molar-refractivity contribution in [3.05, 3.63) is 30.0 Å². The van der Waals surface area contributed by atoms with E-state index in [9.17, 15) is 4.79 Å². The number of nitrogens with two attached hydrogens (primary N) is 1. The topological polar surface area (TPSA) is 60.9 Å². The SMILES string of the molecule is CCCCCn1nc(C(N)=O)c2ccccc21. The van der Waals surface area contributed by atoms with Crippen LogP contribution in [0.1, 0.15) is 36.7 Å². The van der Waals surface area contributed by atoms with Gasteiger partial charge in [-0.25, -0.2) is 0 Å². The van der Waals surface area contributed by atoms with Gasteiger partial charge >= 0.3 is 0 Å². The number of benzene rings is 1. The van der Waals surface area contributed by atoms with Crippen molar-refractivity contribution < 1.29 is 4.79 Å². The van der Waals surface area contributed by atoms with Gasteiger partial charge in [-0.3, -0.25) is 9.48 Å². The first-order valence-corrected chi connectivity index (χ1v) is 5.99. The summed E-state index contributed by atoms with van der Waals surface area (Å²) in [6.07, 6.45) is 3.41. The van der Waals surface area contributed by atoms with Gasteiger partial charge < -0.3 is 5.73 Å². The Morgan fingerprint density at radius 3 is 2.82 bits per heavy atom. The summed E-state index contributed by atoms with van der Waals surface area (Å²) in [6, 6.07) is 7.71. The average molecular weight is 231 g/mol. The van der Waals surface area contributed by atoms with E-state index in [-0.39, 0.29) is 0 Å². The molecule has 0 saturated carbocycles. The molecule has 0 spiro atoms. The number of unbranched alkanes of at least 4 members (excludes halogenated alkanes) is 2. The fraction of sp³-hybridized carbons (Fsp3) is 0.385. The van der Waals surface area contributed by atoms with Gasteiger partial charge in [0.05, 0.1) is 5.52 Å². The number of carbonyl (C=O) groups is 1. The number of primary amides is 1. The van der Waals surface area contributed by atoms with Gasteiger partial charge in [0.25, 0.3) is 5.91 Å². The van der Waals surface area contributed by atoms with Crippen LogP contribution < -0.4 is 5.73 Å². The molecule has 0 unspecified atom stereocenters. The lowest BCUT2D eigenvalue weighted by atomic mass is 10.2. The lowest BCUT2D eigenvalue weighted by Crippen LogP contribution is -2.13. The number of para-hydroxylation sites is 1. The van der Waals surface area contributed by atoms with Crippen molar-refractivity contribution >= 4 is 16.8 Å². The monoisotopic (exact) mass is 231 g/mol. The molecule has 0 radical (unpaired) electrons. The smallest absolute Gasteiger partial charge is 0.269 e. The third-order valence-electron chi connectivity index (χ3n) is 2.86. The van der Waals surface area contributed by atoms with Crippen molar-refractivity contribution in [3.8, 4) is 0 Å². The number of aromatic nitrogens is 2. The lowest BCUT2D eigenvalue weighted by Gasteiger charge is -2.01. The highest BCUT2D eigenvalue weighted by Gasteiger charge is 2.13. The number of fused-ring (bicyclic) bond motifs is 1. The van der Waals surface area contributed by atoms with Crippen LogP contribution in [0.5, 0.6) is 0 Å². The van der Waals surface area contributed by atoms with Crippen LogP contribution in [0.15, 0.2) is 24.3 Å². The summed E-state index contributed by atoms with van der Waals surface area (Å²) in [5.41, 5.74) is 6.69. The zero-order valence-corrected chi connectivity index (χ0v) is 10.0. The molecule has 17 heavy (non-hydrogen) atoms. The van der Waals surface area contributed by atoms with Crippen molar-refractivity contribution in [1.29, 1.82) is 0 Å². The van der Waals surface area contributed by atoms with Gasteiger partial charge in [0.2, 0.25) is 0 Å². The first-order valence-electron chi connectivity index (χ1n) is 5.99. The van der Waals surface area contributed by atoms with Crippen LogP contribution in [-0.4, -0.2) is 15.7 Å². The molecule has 0 fully saturated rings. The van der Waals surface area contributed by atoms with Crippen LogP contribution in [0.2, 0.25) is 0 Å². The predicted molar refractivity (Wildman–Crippen MR) is 67.8 cm³/mol. The maximum absolute atomic E-state index is 11.3. The molecule has 0 aliphatic rings. The summed E-state index contributed by atoms with van der Waals surface area (Å²) >= 11 is 0. The van der Waals surface area contributed by atoms with Crippen LogP contribution in [-0.2, 0) is 6.54 Å². The number of carbonyl (C=O) groups excluding carboxylic acids is 1. The Morgan fingerprint density at radius 2 is 2.12 bits per heavy atom.